The molecule has 0 unspecified atom stereocenters. The molecule has 0 fully saturated rings. The maximum Gasteiger partial charge on any atom is 0.295 e. The number of ether oxygens (including phenoxy) is 1. The highest BCUT2D eigenvalue weighted by atomic mass is 32.1. The first-order chi connectivity index (χ1) is 14.0. The number of hydrogen-bond acceptors (Lipinski definition) is 6. The average Bonchev–Trinajstić information content (AvgIpc) is 3.31. The van der Waals surface area contributed by atoms with Gasteiger partial charge in [0.1, 0.15) is 11.3 Å². The van der Waals surface area contributed by atoms with Crippen molar-refractivity contribution in [2.75, 3.05) is 38.7 Å². The zero-order valence-electron chi connectivity index (χ0n) is 16.7. The molecule has 4 aromatic rings. The third-order valence-electron chi connectivity index (χ3n) is 4.54. The first-order valence-corrected chi connectivity index (χ1v) is 10.4. The summed E-state index contributed by atoms with van der Waals surface area (Å²) in [6, 6.07) is 15.2. The molecule has 0 spiro atoms. The fourth-order valence-corrected chi connectivity index (χ4v) is 4.09. The molecule has 7 heteroatoms. The molecule has 0 aliphatic heterocycles. The number of likely N-dealkylation sites (N-methyl/N-ethyl adjacent to an activating group) is 1. The van der Waals surface area contributed by atoms with Gasteiger partial charge in [0.05, 0.1) is 16.8 Å². The van der Waals surface area contributed by atoms with E-state index in [0.29, 0.717) is 36.2 Å². The van der Waals surface area contributed by atoms with E-state index in [2.05, 4.69) is 0 Å². The highest BCUT2D eigenvalue weighted by molar-refractivity contribution is 7.22. The summed E-state index contributed by atoms with van der Waals surface area (Å²) in [5.74, 6) is 0.935. The monoisotopic (exact) mass is 409 g/mol. The van der Waals surface area contributed by atoms with Gasteiger partial charge in [0, 0.05) is 18.5 Å². The number of hydrogen-bond donors (Lipinski definition) is 0. The standard InChI is InChI=1S/C22H23N3O3S/c1-4-27-16-9-10-17-20(14-16)29-22(23-17)25(12-11-24(2)3)21(26)19-13-15-7-5-6-8-18(15)28-19/h5-10,13-14H,4,11-12H2,1-3H3. The van der Waals surface area contributed by atoms with Gasteiger partial charge in [-0.1, -0.05) is 29.5 Å². The largest absolute Gasteiger partial charge is 0.494 e. The lowest BCUT2D eigenvalue weighted by atomic mass is 10.2. The molecule has 0 saturated carbocycles. The number of anilines is 1. The molecule has 0 aliphatic carbocycles. The van der Waals surface area contributed by atoms with Crippen molar-refractivity contribution in [2.24, 2.45) is 0 Å². The second-order valence-electron chi connectivity index (χ2n) is 6.97. The number of nitrogens with zero attached hydrogens (tertiary/aromatic N) is 3. The Morgan fingerprint density at radius 3 is 2.72 bits per heavy atom. The fourth-order valence-electron chi connectivity index (χ4n) is 3.07. The van der Waals surface area contributed by atoms with Gasteiger partial charge in [-0.25, -0.2) is 4.98 Å². The molecular formula is C22H23N3O3S. The van der Waals surface area contributed by atoms with Crippen molar-refractivity contribution in [2.45, 2.75) is 6.92 Å². The van der Waals surface area contributed by atoms with Crippen LogP contribution < -0.4 is 9.64 Å². The minimum absolute atomic E-state index is 0.188. The summed E-state index contributed by atoms with van der Waals surface area (Å²) in [4.78, 5) is 21.8. The van der Waals surface area contributed by atoms with Crippen LogP contribution in [0.4, 0.5) is 5.13 Å². The SMILES string of the molecule is CCOc1ccc2nc(N(CCN(C)C)C(=O)c3cc4ccccc4o3)sc2c1. The number of para-hydroxylation sites is 1. The minimum Gasteiger partial charge on any atom is -0.494 e. The van der Waals surface area contributed by atoms with Gasteiger partial charge in [-0.3, -0.25) is 9.69 Å². The Morgan fingerprint density at radius 2 is 1.97 bits per heavy atom. The number of aromatic nitrogens is 1. The third-order valence-corrected chi connectivity index (χ3v) is 5.58. The fraction of sp³-hybridized carbons (Fsp3) is 0.273. The summed E-state index contributed by atoms with van der Waals surface area (Å²) in [6.07, 6.45) is 0. The molecule has 2 heterocycles. The topological polar surface area (TPSA) is 58.8 Å². The number of thiazole rings is 1. The first kappa shape index (κ1) is 19.4. The molecule has 2 aromatic carbocycles. The van der Waals surface area contributed by atoms with Crippen LogP contribution >= 0.6 is 11.3 Å². The number of carbonyl (C=O) groups excluding carboxylic acids is 1. The van der Waals surface area contributed by atoms with Crippen LogP contribution in [0, 0.1) is 0 Å². The first-order valence-electron chi connectivity index (χ1n) is 9.53. The number of amides is 1. The zero-order chi connectivity index (χ0) is 20.4. The smallest absolute Gasteiger partial charge is 0.295 e. The van der Waals surface area contributed by atoms with Crippen LogP contribution in [-0.2, 0) is 0 Å². The van der Waals surface area contributed by atoms with E-state index in [4.69, 9.17) is 14.1 Å². The van der Waals surface area contributed by atoms with E-state index in [1.165, 1.54) is 11.3 Å². The van der Waals surface area contributed by atoms with Crippen molar-refractivity contribution in [1.29, 1.82) is 0 Å². The molecule has 29 heavy (non-hydrogen) atoms. The second kappa shape index (κ2) is 8.23. The molecule has 2 aromatic heterocycles. The summed E-state index contributed by atoms with van der Waals surface area (Å²) < 4.78 is 12.4. The Labute approximate surface area is 173 Å². The number of benzene rings is 2. The minimum atomic E-state index is -0.188. The molecule has 0 aliphatic rings. The molecule has 0 saturated heterocycles. The van der Waals surface area contributed by atoms with Gasteiger partial charge in [-0.05, 0) is 51.4 Å². The van der Waals surface area contributed by atoms with Crippen molar-refractivity contribution >= 4 is 43.6 Å². The predicted molar refractivity (Wildman–Crippen MR) is 117 cm³/mol. The lowest BCUT2D eigenvalue weighted by Gasteiger charge is -2.20. The number of furan rings is 1. The average molecular weight is 410 g/mol. The van der Waals surface area contributed by atoms with E-state index in [1.54, 1.807) is 11.0 Å². The van der Waals surface area contributed by atoms with Crippen LogP contribution in [0.3, 0.4) is 0 Å². The van der Waals surface area contributed by atoms with Gasteiger partial charge in [-0.2, -0.15) is 0 Å². The van der Waals surface area contributed by atoms with E-state index in [0.717, 1.165) is 21.4 Å². The highest BCUT2D eigenvalue weighted by Crippen LogP contribution is 2.32. The molecule has 0 radical (unpaired) electrons. The number of carbonyl (C=O) groups is 1. The van der Waals surface area contributed by atoms with Crippen molar-refractivity contribution in [3.63, 3.8) is 0 Å². The lowest BCUT2D eigenvalue weighted by Crippen LogP contribution is -2.36. The highest BCUT2D eigenvalue weighted by Gasteiger charge is 2.24. The molecule has 150 valence electrons. The Morgan fingerprint density at radius 1 is 1.14 bits per heavy atom. The van der Waals surface area contributed by atoms with Crippen LogP contribution in [0.1, 0.15) is 17.5 Å². The molecule has 0 atom stereocenters. The van der Waals surface area contributed by atoms with Gasteiger partial charge in [-0.15, -0.1) is 0 Å². The van der Waals surface area contributed by atoms with Crippen molar-refractivity contribution < 1.29 is 13.9 Å². The normalized spacial score (nSPS) is 11.4. The maximum absolute atomic E-state index is 13.3. The molecule has 1 amide bonds. The number of fused-ring (bicyclic) bond motifs is 2. The van der Waals surface area contributed by atoms with E-state index >= 15 is 0 Å². The maximum atomic E-state index is 13.3. The quantitative estimate of drug-likeness (QED) is 0.445. The third kappa shape index (κ3) is 4.11. The summed E-state index contributed by atoms with van der Waals surface area (Å²) in [6.45, 7) is 3.79. The van der Waals surface area contributed by atoms with E-state index in [-0.39, 0.29) is 5.91 Å². The lowest BCUT2D eigenvalue weighted by molar-refractivity contribution is 0.0960. The van der Waals surface area contributed by atoms with Crippen LogP contribution in [0.15, 0.2) is 52.9 Å². The summed E-state index contributed by atoms with van der Waals surface area (Å²) in [5, 5.41) is 1.56. The number of rotatable bonds is 7. The summed E-state index contributed by atoms with van der Waals surface area (Å²) >= 11 is 1.48. The zero-order valence-corrected chi connectivity index (χ0v) is 17.5. The van der Waals surface area contributed by atoms with E-state index in [9.17, 15) is 4.79 Å². The molecule has 0 bridgehead atoms. The van der Waals surface area contributed by atoms with Crippen LogP contribution in [-0.4, -0.2) is 49.6 Å². The van der Waals surface area contributed by atoms with Crippen LogP contribution in [0.2, 0.25) is 0 Å². The molecule has 4 rings (SSSR count). The Balaban J connectivity index is 1.70. The Hall–Kier alpha value is -2.90. The predicted octanol–water partition coefficient (Wildman–Crippen LogP) is 4.65. The van der Waals surface area contributed by atoms with Gasteiger partial charge in [0.15, 0.2) is 10.9 Å². The van der Waals surface area contributed by atoms with E-state index < -0.39 is 0 Å². The Kier molecular flexibility index (Phi) is 5.51. The Bertz CT molecular complexity index is 1120. The second-order valence-corrected chi connectivity index (χ2v) is 7.98. The van der Waals surface area contributed by atoms with Gasteiger partial charge in [0.2, 0.25) is 0 Å². The molecular weight excluding hydrogens is 386 g/mol. The molecule has 0 N–H and O–H groups in total. The summed E-state index contributed by atoms with van der Waals surface area (Å²) in [5.41, 5.74) is 1.55. The summed E-state index contributed by atoms with van der Waals surface area (Å²) in [7, 11) is 3.97. The van der Waals surface area contributed by atoms with Crippen LogP contribution in [0.5, 0.6) is 5.75 Å². The van der Waals surface area contributed by atoms with E-state index in [1.807, 2.05) is 68.4 Å². The van der Waals surface area contributed by atoms with Gasteiger partial charge in [0.25, 0.3) is 5.91 Å². The van der Waals surface area contributed by atoms with Crippen molar-refractivity contribution in [3.05, 3.63) is 54.3 Å². The van der Waals surface area contributed by atoms with Crippen LogP contribution in [0.25, 0.3) is 21.2 Å². The van der Waals surface area contributed by atoms with Gasteiger partial charge < -0.3 is 14.1 Å². The van der Waals surface area contributed by atoms with Gasteiger partial charge >= 0.3 is 0 Å². The molecule has 6 nitrogen and oxygen atoms in total. The van der Waals surface area contributed by atoms with Crippen molar-refractivity contribution in [1.82, 2.24) is 9.88 Å². The van der Waals surface area contributed by atoms with Crippen molar-refractivity contribution in [3.8, 4) is 5.75 Å².